The van der Waals surface area contributed by atoms with E-state index in [1.165, 1.54) is 12.5 Å². The first-order valence-corrected chi connectivity index (χ1v) is 13.0. The van der Waals surface area contributed by atoms with Crippen LogP contribution in [0, 0.1) is 11.6 Å². The Morgan fingerprint density at radius 1 is 1.00 bits per heavy atom. The van der Waals surface area contributed by atoms with Gasteiger partial charge in [-0.05, 0) is 49.4 Å². The summed E-state index contributed by atoms with van der Waals surface area (Å²) in [7, 11) is 0. The number of imidazole rings is 1. The van der Waals surface area contributed by atoms with Crippen molar-refractivity contribution in [1.82, 2.24) is 34.7 Å². The number of pyridine rings is 1. The highest BCUT2D eigenvalue weighted by Gasteiger charge is 2.50. The molecule has 0 amide bonds. The third-order valence-corrected chi connectivity index (χ3v) is 8.38. The zero-order chi connectivity index (χ0) is 24.7. The molecule has 3 aromatic heterocycles. The van der Waals surface area contributed by atoms with Gasteiger partial charge in [0.2, 0.25) is 5.95 Å². The number of hydrogen-bond donors (Lipinski definition) is 2. The SMILES string of the molecule is Fc1cnc(Nc2ccc(CN3CC4CC(C3)N4)cn2)nc1-c1cc(F)c2nc3n(c2c1)C1(CC3)CC1. The van der Waals surface area contributed by atoms with Crippen molar-refractivity contribution in [3.63, 3.8) is 0 Å². The van der Waals surface area contributed by atoms with E-state index < -0.39 is 11.6 Å². The van der Waals surface area contributed by atoms with Gasteiger partial charge < -0.3 is 15.2 Å². The Bertz CT molecular complexity index is 1530. The predicted octanol–water partition coefficient (Wildman–Crippen LogP) is 3.89. The number of aromatic nitrogens is 5. The largest absolute Gasteiger partial charge is 0.322 e. The standard InChI is InChI=1S/C27H26F2N8/c28-19-7-16(8-21-25(19)34-23-3-4-27(5-6-27)37(21)23)24-20(29)11-31-26(35-24)33-22-2-1-15(10-30-22)12-36-13-17-9-18(14-36)32-17/h1-2,7-8,10-11,17-18,32H,3-6,9,12-14H2,(H,30,31,33,35). The maximum atomic E-state index is 15.1. The summed E-state index contributed by atoms with van der Waals surface area (Å²) in [5.41, 5.74) is 2.68. The Morgan fingerprint density at radius 2 is 1.84 bits per heavy atom. The van der Waals surface area contributed by atoms with E-state index in [-0.39, 0.29) is 17.2 Å². The van der Waals surface area contributed by atoms with Crippen LogP contribution in [0.25, 0.3) is 22.3 Å². The molecule has 5 aliphatic rings. The van der Waals surface area contributed by atoms with Gasteiger partial charge in [0, 0.05) is 55.4 Å². The molecule has 2 unspecified atom stereocenters. The fraction of sp³-hybridized carbons (Fsp3) is 0.407. The second-order valence-corrected chi connectivity index (χ2v) is 11.0. The van der Waals surface area contributed by atoms with Crippen LogP contribution in [0.5, 0.6) is 0 Å². The van der Waals surface area contributed by atoms with Crippen LogP contribution in [-0.4, -0.2) is 54.6 Å². The van der Waals surface area contributed by atoms with Crippen LogP contribution in [-0.2, 0) is 18.5 Å². The summed E-state index contributed by atoms with van der Waals surface area (Å²) in [6.07, 6.45) is 8.28. The number of piperazine rings is 1. The fourth-order valence-electron chi connectivity index (χ4n) is 6.42. The zero-order valence-corrected chi connectivity index (χ0v) is 20.2. The third-order valence-electron chi connectivity index (χ3n) is 8.38. The number of aryl methyl sites for hydroxylation is 1. The van der Waals surface area contributed by atoms with E-state index >= 15 is 4.39 Å². The van der Waals surface area contributed by atoms with E-state index in [1.54, 1.807) is 0 Å². The molecule has 10 heteroatoms. The van der Waals surface area contributed by atoms with Gasteiger partial charge >= 0.3 is 0 Å². The number of benzene rings is 1. The minimum Gasteiger partial charge on any atom is -0.322 e. The van der Waals surface area contributed by atoms with Crippen LogP contribution in [0.15, 0.2) is 36.7 Å². The van der Waals surface area contributed by atoms with Crippen molar-refractivity contribution in [1.29, 1.82) is 0 Å². The summed E-state index contributed by atoms with van der Waals surface area (Å²) < 4.78 is 32.1. The molecule has 4 aliphatic heterocycles. The van der Waals surface area contributed by atoms with Crippen molar-refractivity contribution in [3.8, 4) is 11.3 Å². The molecule has 1 aliphatic carbocycles. The van der Waals surface area contributed by atoms with E-state index in [2.05, 4.69) is 40.0 Å². The lowest BCUT2D eigenvalue weighted by Crippen LogP contribution is -2.66. The first kappa shape index (κ1) is 21.6. The van der Waals surface area contributed by atoms with Gasteiger partial charge in [-0.3, -0.25) is 4.90 Å². The van der Waals surface area contributed by atoms with Gasteiger partial charge in [-0.2, -0.15) is 0 Å². The zero-order valence-electron chi connectivity index (χ0n) is 20.2. The molecule has 8 nitrogen and oxygen atoms in total. The monoisotopic (exact) mass is 500 g/mol. The molecular weight excluding hydrogens is 474 g/mol. The first-order valence-electron chi connectivity index (χ1n) is 13.0. The van der Waals surface area contributed by atoms with E-state index in [0.29, 0.717) is 34.5 Å². The smallest absolute Gasteiger partial charge is 0.229 e. The maximum Gasteiger partial charge on any atom is 0.229 e. The van der Waals surface area contributed by atoms with Crippen LogP contribution in [0.1, 0.15) is 37.1 Å². The molecule has 4 aromatic rings. The normalized spacial score (nSPS) is 23.3. The Balaban J connectivity index is 1.06. The number of halogens is 2. The molecular formula is C27H26F2N8. The van der Waals surface area contributed by atoms with Crippen molar-refractivity contribution in [3.05, 3.63) is 59.7 Å². The van der Waals surface area contributed by atoms with E-state index in [4.69, 9.17) is 0 Å². The summed E-state index contributed by atoms with van der Waals surface area (Å²) in [5, 5.41) is 6.61. The van der Waals surface area contributed by atoms with E-state index in [9.17, 15) is 4.39 Å². The van der Waals surface area contributed by atoms with Crippen LogP contribution in [0.3, 0.4) is 0 Å². The molecule has 2 atom stereocenters. The van der Waals surface area contributed by atoms with Crippen LogP contribution >= 0.6 is 0 Å². The fourth-order valence-corrected chi connectivity index (χ4v) is 6.42. The number of nitrogens with zero attached hydrogens (tertiary/aromatic N) is 6. The summed E-state index contributed by atoms with van der Waals surface area (Å²) in [6.45, 7) is 3.00. The maximum absolute atomic E-state index is 15.1. The number of fused-ring (bicyclic) bond motifs is 6. The van der Waals surface area contributed by atoms with Gasteiger partial charge in [-0.25, -0.2) is 28.7 Å². The molecule has 2 N–H and O–H groups in total. The highest BCUT2D eigenvalue weighted by molar-refractivity contribution is 5.83. The van der Waals surface area contributed by atoms with Crippen molar-refractivity contribution in [2.45, 2.75) is 56.3 Å². The lowest BCUT2D eigenvalue weighted by atomic mass is 9.91. The molecule has 1 aromatic carbocycles. The number of rotatable bonds is 5. The molecule has 4 fully saturated rings. The molecule has 7 heterocycles. The number of hydrogen-bond acceptors (Lipinski definition) is 7. The number of nitrogens with one attached hydrogen (secondary N) is 2. The molecule has 9 rings (SSSR count). The van der Waals surface area contributed by atoms with E-state index in [0.717, 1.165) is 62.9 Å². The Hall–Kier alpha value is -3.50. The summed E-state index contributed by atoms with van der Waals surface area (Å²) >= 11 is 0. The average Bonchev–Trinajstić information content (AvgIpc) is 3.43. The van der Waals surface area contributed by atoms with Gasteiger partial charge in [0.15, 0.2) is 11.6 Å². The van der Waals surface area contributed by atoms with Crippen molar-refractivity contribution in [2.24, 2.45) is 0 Å². The lowest BCUT2D eigenvalue weighted by Gasteiger charge is -2.48. The summed E-state index contributed by atoms with van der Waals surface area (Å²) in [4.78, 5) is 20.0. The Labute approximate surface area is 212 Å². The lowest BCUT2D eigenvalue weighted by molar-refractivity contribution is 0.0725. The van der Waals surface area contributed by atoms with Crippen LogP contribution < -0.4 is 10.6 Å². The van der Waals surface area contributed by atoms with Gasteiger partial charge in [-0.1, -0.05) is 6.07 Å². The van der Waals surface area contributed by atoms with Gasteiger partial charge in [0.25, 0.3) is 0 Å². The minimum absolute atomic E-state index is 0.0468. The van der Waals surface area contributed by atoms with Gasteiger partial charge in [0.1, 0.15) is 22.9 Å². The molecule has 37 heavy (non-hydrogen) atoms. The van der Waals surface area contributed by atoms with Crippen LogP contribution in [0.2, 0.25) is 0 Å². The topological polar surface area (TPSA) is 83.8 Å². The Kier molecular flexibility index (Phi) is 4.52. The summed E-state index contributed by atoms with van der Waals surface area (Å²) in [6, 6.07) is 8.27. The third kappa shape index (κ3) is 3.53. The molecule has 1 spiro atoms. The highest BCUT2D eigenvalue weighted by atomic mass is 19.1. The second-order valence-electron chi connectivity index (χ2n) is 11.0. The van der Waals surface area contributed by atoms with Gasteiger partial charge in [0.05, 0.1) is 11.7 Å². The molecule has 2 bridgehead atoms. The van der Waals surface area contributed by atoms with Gasteiger partial charge in [-0.15, -0.1) is 0 Å². The molecule has 1 saturated carbocycles. The van der Waals surface area contributed by atoms with Crippen LogP contribution in [0.4, 0.5) is 20.5 Å². The number of anilines is 2. The minimum atomic E-state index is -0.607. The van der Waals surface area contributed by atoms with E-state index in [1.807, 2.05) is 24.4 Å². The second kappa shape index (κ2) is 7.75. The van der Waals surface area contributed by atoms with Crippen molar-refractivity contribution < 1.29 is 8.78 Å². The first-order chi connectivity index (χ1) is 18.0. The Morgan fingerprint density at radius 3 is 2.59 bits per heavy atom. The average molecular weight is 501 g/mol. The highest BCUT2D eigenvalue weighted by Crippen LogP contribution is 2.53. The summed E-state index contributed by atoms with van der Waals surface area (Å²) in [5.74, 6) is 0.616. The predicted molar refractivity (Wildman–Crippen MR) is 134 cm³/mol. The van der Waals surface area contributed by atoms with Crippen molar-refractivity contribution in [2.75, 3.05) is 18.4 Å². The quantitative estimate of drug-likeness (QED) is 0.430. The number of piperidine rings is 1. The van der Waals surface area contributed by atoms with Crippen molar-refractivity contribution >= 4 is 22.8 Å². The molecule has 188 valence electrons. The molecule has 0 radical (unpaired) electrons. The molecule has 3 saturated heterocycles.